The first-order valence-electron chi connectivity index (χ1n) is 3.59. The van der Waals surface area contributed by atoms with E-state index < -0.39 is 28.8 Å². The molecule has 0 bridgehead atoms. The number of pyridine rings is 1. The Morgan fingerprint density at radius 3 is 2.67 bits per heavy atom. The first-order chi connectivity index (χ1) is 6.97. The minimum absolute atomic E-state index is 0.350. The SMILES string of the molecule is N#Cc1cc(O)c(C(F)F)nc1C(=O)Cl. The third-order valence-corrected chi connectivity index (χ3v) is 1.72. The van der Waals surface area contributed by atoms with Gasteiger partial charge in [0.25, 0.3) is 11.7 Å². The molecule has 0 aromatic carbocycles. The molecule has 0 saturated carbocycles. The number of rotatable bonds is 2. The number of hydrogen-bond acceptors (Lipinski definition) is 4. The van der Waals surface area contributed by atoms with E-state index >= 15 is 0 Å². The standard InChI is InChI=1S/C8H3ClF2N2O2/c9-7(15)5-3(2-12)1-4(14)6(13-5)8(10)11/h1,8,14H. The topological polar surface area (TPSA) is 74.0 Å². The van der Waals surface area contributed by atoms with Gasteiger partial charge in [0.05, 0.1) is 5.56 Å². The van der Waals surface area contributed by atoms with Crippen LogP contribution in [0.3, 0.4) is 0 Å². The molecular weight excluding hydrogens is 230 g/mol. The van der Waals surface area contributed by atoms with Crippen molar-refractivity contribution in [2.24, 2.45) is 0 Å². The lowest BCUT2D eigenvalue weighted by Crippen LogP contribution is -2.03. The lowest BCUT2D eigenvalue weighted by molar-refractivity contribution is 0.107. The van der Waals surface area contributed by atoms with Crippen LogP contribution < -0.4 is 0 Å². The Labute approximate surface area is 87.7 Å². The van der Waals surface area contributed by atoms with E-state index in [2.05, 4.69) is 4.98 Å². The van der Waals surface area contributed by atoms with Gasteiger partial charge in [0.15, 0.2) is 0 Å². The molecule has 78 valence electrons. The second-order valence-electron chi connectivity index (χ2n) is 2.48. The maximum atomic E-state index is 12.2. The molecule has 1 aromatic rings. The molecule has 1 rings (SSSR count). The highest BCUT2D eigenvalue weighted by Gasteiger charge is 2.21. The van der Waals surface area contributed by atoms with Crippen molar-refractivity contribution in [2.75, 3.05) is 0 Å². The van der Waals surface area contributed by atoms with E-state index in [1.54, 1.807) is 0 Å². The van der Waals surface area contributed by atoms with E-state index in [0.717, 1.165) is 6.07 Å². The van der Waals surface area contributed by atoms with E-state index in [0.29, 0.717) is 0 Å². The Hall–Kier alpha value is -1.74. The minimum atomic E-state index is -3.05. The van der Waals surface area contributed by atoms with Crippen LogP contribution in [0.1, 0.15) is 28.2 Å². The fourth-order valence-corrected chi connectivity index (χ4v) is 1.06. The molecule has 0 spiro atoms. The average molecular weight is 233 g/mol. The van der Waals surface area contributed by atoms with Gasteiger partial charge < -0.3 is 5.11 Å². The van der Waals surface area contributed by atoms with E-state index in [-0.39, 0.29) is 5.56 Å². The van der Waals surface area contributed by atoms with Gasteiger partial charge in [0.1, 0.15) is 23.2 Å². The molecule has 1 N–H and O–H groups in total. The normalized spacial score (nSPS) is 10.1. The zero-order valence-electron chi connectivity index (χ0n) is 7.04. The number of alkyl halides is 2. The molecule has 0 aliphatic heterocycles. The summed E-state index contributed by atoms with van der Waals surface area (Å²) >= 11 is 5.04. The molecular formula is C8H3ClF2N2O2. The van der Waals surface area contributed by atoms with Crippen molar-refractivity contribution < 1.29 is 18.7 Å². The van der Waals surface area contributed by atoms with Gasteiger partial charge in [-0.1, -0.05) is 0 Å². The summed E-state index contributed by atoms with van der Waals surface area (Å²) in [7, 11) is 0. The largest absolute Gasteiger partial charge is 0.506 e. The first kappa shape index (κ1) is 11.3. The van der Waals surface area contributed by atoms with E-state index in [4.69, 9.17) is 22.0 Å². The zero-order chi connectivity index (χ0) is 11.6. The highest BCUT2D eigenvalue weighted by Crippen LogP contribution is 2.28. The second-order valence-corrected chi connectivity index (χ2v) is 2.82. The van der Waals surface area contributed by atoms with Crippen LogP contribution in [-0.4, -0.2) is 15.3 Å². The van der Waals surface area contributed by atoms with Gasteiger partial charge in [0.2, 0.25) is 0 Å². The Morgan fingerprint density at radius 2 is 2.27 bits per heavy atom. The van der Waals surface area contributed by atoms with E-state index in [1.807, 2.05) is 0 Å². The Kier molecular flexibility index (Phi) is 3.17. The van der Waals surface area contributed by atoms with Crippen molar-refractivity contribution in [1.82, 2.24) is 4.98 Å². The highest BCUT2D eigenvalue weighted by molar-refractivity contribution is 6.67. The summed E-state index contributed by atoms with van der Waals surface area (Å²) in [6.07, 6.45) is -3.05. The number of nitrogens with zero attached hydrogens (tertiary/aromatic N) is 2. The highest BCUT2D eigenvalue weighted by atomic mass is 35.5. The number of aromatic nitrogens is 1. The Bertz CT molecular complexity index is 457. The number of hydrogen-bond donors (Lipinski definition) is 1. The summed E-state index contributed by atoms with van der Waals surface area (Å²) < 4.78 is 24.5. The molecule has 7 heteroatoms. The predicted octanol–water partition coefficient (Wildman–Crippen LogP) is 1.98. The fourth-order valence-electron chi connectivity index (χ4n) is 0.913. The lowest BCUT2D eigenvalue weighted by atomic mass is 10.2. The quantitative estimate of drug-likeness (QED) is 0.791. The summed E-state index contributed by atoms with van der Waals surface area (Å²) in [6.45, 7) is 0. The summed E-state index contributed by atoms with van der Waals surface area (Å²) in [4.78, 5) is 13.9. The molecule has 0 amide bonds. The van der Waals surface area contributed by atoms with Gasteiger partial charge in [-0.15, -0.1) is 0 Å². The van der Waals surface area contributed by atoms with Gasteiger partial charge in [0, 0.05) is 6.07 Å². The molecule has 0 unspecified atom stereocenters. The summed E-state index contributed by atoms with van der Waals surface area (Å²) in [5.74, 6) is -0.844. The van der Waals surface area contributed by atoms with Crippen molar-refractivity contribution in [3.63, 3.8) is 0 Å². The molecule has 1 heterocycles. The predicted molar refractivity (Wildman–Crippen MR) is 45.8 cm³/mol. The van der Waals surface area contributed by atoms with Crippen molar-refractivity contribution in [3.05, 3.63) is 23.0 Å². The van der Waals surface area contributed by atoms with Crippen LogP contribution in [-0.2, 0) is 0 Å². The number of aromatic hydroxyl groups is 1. The number of carbonyl (C=O) groups excluding carboxylic acids is 1. The maximum absolute atomic E-state index is 12.2. The number of nitriles is 1. The summed E-state index contributed by atoms with van der Waals surface area (Å²) in [5.41, 5.74) is -1.91. The third-order valence-electron chi connectivity index (χ3n) is 1.54. The molecule has 0 aliphatic carbocycles. The van der Waals surface area contributed by atoms with Gasteiger partial charge >= 0.3 is 0 Å². The van der Waals surface area contributed by atoms with Gasteiger partial charge in [-0.05, 0) is 11.6 Å². The van der Waals surface area contributed by atoms with E-state index in [1.165, 1.54) is 6.07 Å². The molecule has 0 atom stereocenters. The molecule has 0 radical (unpaired) electrons. The van der Waals surface area contributed by atoms with Crippen LogP contribution in [0.15, 0.2) is 6.07 Å². The third kappa shape index (κ3) is 2.19. The van der Waals surface area contributed by atoms with Gasteiger partial charge in [-0.25, -0.2) is 13.8 Å². The molecule has 0 fully saturated rings. The van der Waals surface area contributed by atoms with Crippen molar-refractivity contribution >= 4 is 16.8 Å². The van der Waals surface area contributed by atoms with Crippen molar-refractivity contribution in [2.45, 2.75) is 6.43 Å². The molecule has 0 aliphatic rings. The summed E-state index contributed by atoms with van der Waals surface area (Å²) in [5, 5.41) is 16.4. The Balaban J connectivity index is 3.45. The average Bonchev–Trinajstić information content (AvgIpc) is 2.16. The van der Waals surface area contributed by atoms with E-state index in [9.17, 15) is 13.6 Å². The molecule has 0 saturated heterocycles. The molecule has 15 heavy (non-hydrogen) atoms. The maximum Gasteiger partial charge on any atom is 0.284 e. The van der Waals surface area contributed by atoms with Gasteiger partial charge in [-0.2, -0.15) is 5.26 Å². The van der Waals surface area contributed by atoms with Gasteiger partial charge in [-0.3, -0.25) is 4.79 Å². The number of halogens is 3. The van der Waals surface area contributed by atoms with Crippen LogP contribution in [0.4, 0.5) is 8.78 Å². The minimum Gasteiger partial charge on any atom is -0.506 e. The van der Waals surface area contributed by atoms with Crippen LogP contribution >= 0.6 is 11.6 Å². The van der Waals surface area contributed by atoms with Crippen LogP contribution in [0.25, 0.3) is 0 Å². The van der Waals surface area contributed by atoms with Crippen LogP contribution in [0.5, 0.6) is 5.75 Å². The smallest absolute Gasteiger partial charge is 0.284 e. The van der Waals surface area contributed by atoms with Crippen LogP contribution in [0.2, 0.25) is 0 Å². The molecule has 4 nitrogen and oxygen atoms in total. The first-order valence-corrected chi connectivity index (χ1v) is 3.97. The van der Waals surface area contributed by atoms with Crippen LogP contribution in [0, 0.1) is 11.3 Å². The number of carbonyl (C=O) groups is 1. The second kappa shape index (κ2) is 4.19. The lowest BCUT2D eigenvalue weighted by Gasteiger charge is -2.04. The molecule has 1 aromatic heterocycles. The van der Waals surface area contributed by atoms with Crippen molar-refractivity contribution in [1.29, 1.82) is 5.26 Å². The fraction of sp³-hybridized carbons (Fsp3) is 0.125. The monoisotopic (exact) mass is 232 g/mol. The Morgan fingerprint density at radius 1 is 1.67 bits per heavy atom. The van der Waals surface area contributed by atoms with Crippen molar-refractivity contribution in [3.8, 4) is 11.8 Å². The zero-order valence-corrected chi connectivity index (χ0v) is 7.79. The summed E-state index contributed by atoms with van der Waals surface area (Å²) in [6, 6.07) is 2.24.